The molecule has 12 heteroatoms. The number of aryl methyl sites for hydroxylation is 1. The van der Waals surface area contributed by atoms with E-state index in [-0.39, 0.29) is 29.4 Å². The number of anilines is 2. The Morgan fingerprint density at radius 3 is 2.78 bits per heavy atom. The summed E-state index contributed by atoms with van der Waals surface area (Å²) in [5, 5.41) is 4.99. The predicted molar refractivity (Wildman–Crippen MR) is 135 cm³/mol. The number of halogens is 2. The number of hydrogen-bond acceptors (Lipinski definition) is 7. The number of alkyl halides is 2. The molecule has 9 nitrogen and oxygen atoms in total. The molecule has 0 atom stereocenters. The third-order valence-corrected chi connectivity index (χ3v) is 6.73. The molecule has 0 radical (unpaired) electrons. The Morgan fingerprint density at radius 1 is 1.24 bits per heavy atom. The van der Waals surface area contributed by atoms with Crippen LogP contribution in [0.1, 0.15) is 29.9 Å². The third-order valence-electron chi connectivity index (χ3n) is 5.60. The van der Waals surface area contributed by atoms with Crippen molar-refractivity contribution >= 4 is 45.8 Å². The Morgan fingerprint density at radius 2 is 2.03 bits per heavy atom. The van der Waals surface area contributed by atoms with Crippen molar-refractivity contribution in [3.8, 4) is 16.2 Å². The van der Waals surface area contributed by atoms with Crippen LogP contribution in [-0.2, 0) is 16.1 Å². The molecule has 4 aromatic rings. The van der Waals surface area contributed by atoms with Gasteiger partial charge in [0.1, 0.15) is 0 Å². The molecule has 1 aliphatic rings. The Hall–Kier alpha value is -3.90. The molecule has 2 N–H and O–H groups in total. The zero-order chi connectivity index (χ0) is 26.2. The molecule has 37 heavy (non-hydrogen) atoms. The molecule has 0 bridgehead atoms. The highest BCUT2D eigenvalue weighted by molar-refractivity contribution is 7.17. The van der Waals surface area contributed by atoms with Gasteiger partial charge in [0.2, 0.25) is 5.95 Å². The van der Waals surface area contributed by atoms with E-state index < -0.39 is 12.0 Å². The number of nitrogens with zero attached hydrogens (tertiary/aromatic N) is 3. The lowest BCUT2D eigenvalue weighted by atomic mass is 10.2. The number of benzene rings is 1. The van der Waals surface area contributed by atoms with Gasteiger partial charge in [-0.15, -0.1) is 11.3 Å². The van der Waals surface area contributed by atoms with E-state index in [1.54, 1.807) is 23.0 Å². The van der Waals surface area contributed by atoms with Crippen molar-refractivity contribution in [3.63, 3.8) is 0 Å². The number of ether oxygens (including phenoxy) is 2. The van der Waals surface area contributed by atoms with Gasteiger partial charge in [-0.05, 0) is 56.2 Å². The topological polar surface area (TPSA) is 107 Å². The van der Waals surface area contributed by atoms with Crippen LogP contribution in [0.15, 0.2) is 48.8 Å². The average Bonchev–Trinajstić information content (AvgIpc) is 3.47. The predicted octanol–water partition coefficient (Wildman–Crippen LogP) is 5.15. The van der Waals surface area contributed by atoms with Crippen LogP contribution in [0.25, 0.3) is 21.5 Å². The number of fused-ring (bicyclic) bond motifs is 2. The van der Waals surface area contributed by atoms with Gasteiger partial charge in [-0.3, -0.25) is 19.9 Å². The maximum absolute atomic E-state index is 13.9. The Balaban J connectivity index is 1.46. The summed E-state index contributed by atoms with van der Waals surface area (Å²) in [6.45, 7) is 4.71. The fraction of sp³-hybridized carbons (Fsp3) is 0.280. The van der Waals surface area contributed by atoms with Crippen LogP contribution in [0.5, 0.6) is 5.75 Å². The second kappa shape index (κ2) is 9.87. The smallest absolute Gasteiger partial charge is 0.423 e. The maximum atomic E-state index is 13.9. The van der Waals surface area contributed by atoms with E-state index in [1.165, 1.54) is 23.5 Å². The van der Waals surface area contributed by atoms with Crippen molar-refractivity contribution in [3.05, 3.63) is 53.7 Å². The van der Waals surface area contributed by atoms with Crippen LogP contribution in [0.2, 0.25) is 0 Å². The Labute approximate surface area is 214 Å². The van der Waals surface area contributed by atoms with Crippen molar-refractivity contribution in [2.45, 2.75) is 39.0 Å². The van der Waals surface area contributed by atoms with Crippen LogP contribution < -0.4 is 15.4 Å². The number of rotatable bonds is 8. The van der Waals surface area contributed by atoms with Gasteiger partial charge in [-0.2, -0.15) is 8.78 Å². The van der Waals surface area contributed by atoms with E-state index in [1.807, 2.05) is 32.0 Å². The van der Waals surface area contributed by atoms with Gasteiger partial charge < -0.3 is 19.4 Å². The molecule has 0 saturated carbocycles. The standard InChI is InChI=1S/C25H23F2N5O4S/c1-14(2)35-11-3-10-32-18-13-19-17(29-23(34)25(26,27)36-19)12-16(18)30-24(32)31-22(33)21-5-4-20(37-21)15-6-8-28-9-7-15/h4-9,12-14H,3,10-11H2,1-2H3,(H,29,34)(H,30,31,33). The number of hydrogen-bond donors (Lipinski definition) is 2. The minimum atomic E-state index is -3.99. The minimum absolute atomic E-state index is 0.0541. The lowest BCUT2D eigenvalue weighted by Crippen LogP contribution is -2.43. The highest BCUT2D eigenvalue weighted by Crippen LogP contribution is 2.39. The first-order valence-corrected chi connectivity index (χ1v) is 12.4. The molecular formula is C25H23F2N5O4S. The summed E-state index contributed by atoms with van der Waals surface area (Å²) >= 11 is 1.32. The number of thiophene rings is 1. The lowest BCUT2D eigenvalue weighted by Gasteiger charge is -2.24. The summed E-state index contributed by atoms with van der Waals surface area (Å²) in [5.41, 5.74) is 1.89. The van der Waals surface area contributed by atoms with Crippen LogP contribution in [-0.4, -0.2) is 45.2 Å². The summed E-state index contributed by atoms with van der Waals surface area (Å²) < 4.78 is 39.7. The van der Waals surface area contributed by atoms with E-state index in [4.69, 9.17) is 4.74 Å². The van der Waals surface area contributed by atoms with Gasteiger partial charge in [0.05, 0.1) is 27.7 Å². The molecule has 0 aliphatic carbocycles. The van der Waals surface area contributed by atoms with Crippen molar-refractivity contribution < 1.29 is 27.8 Å². The molecule has 4 heterocycles. The number of nitrogens with one attached hydrogen (secondary N) is 2. The van der Waals surface area contributed by atoms with Crippen molar-refractivity contribution in [1.82, 2.24) is 14.5 Å². The quantitative estimate of drug-likeness (QED) is 0.307. The second-order valence-electron chi connectivity index (χ2n) is 8.62. The van der Waals surface area contributed by atoms with Gasteiger partial charge in [0, 0.05) is 36.5 Å². The molecule has 1 aromatic carbocycles. The summed E-state index contributed by atoms with van der Waals surface area (Å²) in [6.07, 6.45) is 0.0178. The lowest BCUT2D eigenvalue weighted by molar-refractivity contribution is -0.189. The molecule has 192 valence electrons. The van der Waals surface area contributed by atoms with Crippen molar-refractivity contribution in [2.24, 2.45) is 0 Å². The summed E-state index contributed by atoms with van der Waals surface area (Å²) in [5.74, 6) is -1.86. The monoisotopic (exact) mass is 527 g/mol. The first kappa shape index (κ1) is 24.8. The van der Waals surface area contributed by atoms with Crippen LogP contribution >= 0.6 is 11.3 Å². The zero-order valence-electron chi connectivity index (χ0n) is 20.0. The van der Waals surface area contributed by atoms with Gasteiger partial charge in [0.15, 0.2) is 5.75 Å². The normalized spacial score (nSPS) is 14.4. The number of pyridine rings is 1. The van der Waals surface area contributed by atoms with E-state index in [0.29, 0.717) is 35.5 Å². The SMILES string of the molecule is CC(C)OCCCn1c(NC(=O)c2ccc(-c3ccncc3)s2)nc2cc3c(cc21)OC(F)(F)C(=O)N3. The number of carbonyl (C=O) groups is 2. The fourth-order valence-corrected chi connectivity index (χ4v) is 4.78. The summed E-state index contributed by atoms with van der Waals surface area (Å²) in [7, 11) is 0. The van der Waals surface area contributed by atoms with Crippen LogP contribution in [0.4, 0.5) is 20.4 Å². The number of imidazole rings is 1. The number of carbonyl (C=O) groups excluding carboxylic acids is 2. The van der Waals surface area contributed by atoms with Crippen molar-refractivity contribution in [1.29, 1.82) is 0 Å². The number of aromatic nitrogens is 3. The van der Waals surface area contributed by atoms with Gasteiger partial charge >= 0.3 is 12.0 Å². The van der Waals surface area contributed by atoms with E-state index in [2.05, 4.69) is 25.3 Å². The van der Waals surface area contributed by atoms with Gasteiger partial charge in [-0.1, -0.05) is 0 Å². The molecule has 0 saturated heterocycles. The second-order valence-corrected chi connectivity index (χ2v) is 9.71. The highest BCUT2D eigenvalue weighted by Gasteiger charge is 2.46. The molecule has 3 aromatic heterocycles. The molecule has 0 spiro atoms. The van der Waals surface area contributed by atoms with Crippen LogP contribution in [0, 0.1) is 0 Å². The van der Waals surface area contributed by atoms with Crippen molar-refractivity contribution in [2.75, 3.05) is 17.2 Å². The maximum Gasteiger partial charge on any atom is 0.482 e. The average molecular weight is 528 g/mol. The van der Waals surface area contributed by atoms with Crippen LogP contribution in [0.3, 0.4) is 0 Å². The summed E-state index contributed by atoms with van der Waals surface area (Å²) in [4.78, 5) is 34.7. The van der Waals surface area contributed by atoms with E-state index >= 15 is 0 Å². The molecule has 5 rings (SSSR count). The number of amides is 2. The summed E-state index contributed by atoms with van der Waals surface area (Å²) in [6, 6.07) is 10.1. The first-order chi connectivity index (χ1) is 17.7. The Kier molecular flexibility index (Phi) is 6.61. The zero-order valence-corrected chi connectivity index (χ0v) is 20.8. The molecule has 0 fully saturated rings. The minimum Gasteiger partial charge on any atom is -0.423 e. The highest BCUT2D eigenvalue weighted by atomic mass is 32.1. The van der Waals surface area contributed by atoms with E-state index in [0.717, 1.165) is 10.4 Å². The van der Waals surface area contributed by atoms with Gasteiger partial charge in [-0.25, -0.2) is 4.98 Å². The molecule has 1 aliphatic heterocycles. The molecule has 0 unspecified atom stereocenters. The fourth-order valence-electron chi connectivity index (χ4n) is 3.87. The Bertz CT molecular complexity index is 1470. The molecular weight excluding hydrogens is 504 g/mol. The molecule has 2 amide bonds. The largest absolute Gasteiger partial charge is 0.482 e. The van der Waals surface area contributed by atoms with E-state index in [9.17, 15) is 18.4 Å². The third kappa shape index (κ3) is 5.16. The van der Waals surface area contributed by atoms with Gasteiger partial charge in [0.25, 0.3) is 5.91 Å². The first-order valence-electron chi connectivity index (χ1n) is 11.6.